The van der Waals surface area contributed by atoms with E-state index in [1.165, 1.54) is 17.0 Å². The van der Waals surface area contributed by atoms with Crippen molar-refractivity contribution in [3.63, 3.8) is 0 Å². The standard InChI is InChI=1S/C30H28Cl5N3O4/c1-29(2,3)42-28(41)38(4)21-8-5-19(6-9-21)36-25(39)22-14-20(7-10-24(22)33)37-27(40)30(26(34)35)15-23(30)16-11-17(31)13-18(32)12-16/h5-14,23,26H,15H2,1-4H3,(H,36,39)(H,37,40). The predicted molar refractivity (Wildman–Crippen MR) is 171 cm³/mol. The second kappa shape index (κ2) is 12.5. The van der Waals surface area contributed by atoms with Gasteiger partial charge in [-0.1, -0.05) is 34.8 Å². The van der Waals surface area contributed by atoms with E-state index in [0.717, 1.165) is 5.56 Å². The molecule has 1 fully saturated rings. The number of alkyl halides is 2. The highest BCUT2D eigenvalue weighted by Gasteiger charge is 2.64. The van der Waals surface area contributed by atoms with Gasteiger partial charge in [0.15, 0.2) is 0 Å². The van der Waals surface area contributed by atoms with Crippen LogP contribution in [-0.2, 0) is 9.53 Å². The second-order valence-corrected chi connectivity index (χ2v) is 13.4. The number of nitrogens with one attached hydrogen (secondary N) is 2. The predicted octanol–water partition coefficient (Wildman–Crippen LogP) is 9.19. The molecule has 0 spiro atoms. The summed E-state index contributed by atoms with van der Waals surface area (Å²) in [7, 11) is 1.59. The molecule has 3 amide bonds. The van der Waals surface area contributed by atoms with Gasteiger partial charge in [-0.05, 0) is 93.4 Å². The lowest BCUT2D eigenvalue weighted by atomic mass is 9.99. The number of anilines is 3. The van der Waals surface area contributed by atoms with E-state index < -0.39 is 33.8 Å². The zero-order valence-corrected chi connectivity index (χ0v) is 26.9. The molecule has 3 aromatic carbocycles. The van der Waals surface area contributed by atoms with E-state index in [1.807, 2.05) is 0 Å². The Hall–Kier alpha value is -2.68. The van der Waals surface area contributed by atoms with Gasteiger partial charge >= 0.3 is 6.09 Å². The molecule has 0 heterocycles. The van der Waals surface area contributed by atoms with Crippen molar-refractivity contribution in [1.82, 2.24) is 0 Å². The summed E-state index contributed by atoms with van der Waals surface area (Å²) >= 11 is 31.3. The lowest BCUT2D eigenvalue weighted by Crippen LogP contribution is -2.34. The molecule has 222 valence electrons. The van der Waals surface area contributed by atoms with Gasteiger partial charge in [0, 0.05) is 40.1 Å². The molecule has 3 aromatic rings. The van der Waals surface area contributed by atoms with Gasteiger partial charge in [0.2, 0.25) is 5.91 Å². The van der Waals surface area contributed by atoms with E-state index in [0.29, 0.717) is 33.5 Å². The summed E-state index contributed by atoms with van der Waals surface area (Å²) in [5.74, 6) is -1.19. The maximum atomic E-state index is 13.4. The Morgan fingerprint density at radius 2 is 1.50 bits per heavy atom. The number of hydrogen-bond donors (Lipinski definition) is 2. The van der Waals surface area contributed by atoms with E-state index in [4.69, 9.17) is 62.7 Å². The smallest absolute Gasteiger partial charge is 0.414 e. The van der Waals surface area contributed by atoms with Gasteiger partial charge in [-0.3, -0.25) is 14.5 Å². The molecule has 2 unspecified atom stereocenters. The average molecular weight is 672 g/mol. The van der Waals surface area contributed by atoms with E-state index in [1.54, 1.807) is 76.3 Å². The third kappa shape index (κ3) is 7.26. The molecule has 2 N–H and O–H groups in total. The number of amides is 3. The van der Waals surface area contributed by atoms with Crippen molar-refractivity contribution in [3.05, 3.63) is 86.9 Å². The van der Waals surface area contributed by atoms with Crippen molar-refractivity contribution < 1.29 is 19.1 Å². The largest absolute Gasteiger partial charge is 0.443 e. The minimum atomic E-state index is -1.10. The molecular weight excluding hydrogens is 644 g/mol. The Morgan fingerprint density at radius 1 is 0.905 bits per heavy atom. The molecule has 1 aliphatic rings. The number of carbonyl (C=O) groups is 3. The molecule has 12 heteroatoms. The fraction of sp³-hybridized carbons (Fsp3) is 0.300. The first-order valence-electron chi connectivity index (χ1n) is 12.8. The van der Waals surface area contributed by atoms with Gasteiger partial charge in [0.1, 0.15) is 10.4 Å². The Morgan fingerprint density at radius 3 is 2.07 bits per heavy atom. The van der Waals surface area contributed by atoms with Gasteiger partial charge in [-0.2, -0.15) is 0 Å². The SMILES string of the molecule is CN(C(=O)OC(C)(C)C)c1ccc(NC(=O)c2cc(NC(=O)C3(C(Cl)Cl)CC3c3cc(Cl)cc(Cl)c3)ccc2Cl)cc1. The van der Waals surface area contributed by atoms with E-state index in [2.05, 4.69) is 10.6 Å². The molecule has 4 rings (SSSR count). The van der Waals surface area contributed by atoms with Crippen LogP contribution < -0.4 is 15.5 Å². The van der Waals surface area contributed by atoms with Crippen LogP contribution in [0.3, 0.4) is 0 Å². The highest BCUT2D eigenvalue weighted by molar-refractivity contribution is 6.46. The Kier molecular flexibility index (Phi) is 9.60. The van der Waals surface area contributed by atoms with Crippen molar-refractivity contribution in [2.75, 3.05) is 22.6 Å². The minimum Gasteiger partial charge on any atom is -0.443 e. The van der Waals surface area contributed by atoms with Crippen molar-refractivity contribution in [2.24, 2.45) is 5.41 Å². The Balaban J connectivity index is 1.46. The molecule has 0 radical (unpaired) electrons. The van der Waals surface area contributed by atoms with Crippen LogP contribution in [-0.4, -0.2) is 35.4 Å². The molecule has 7 nitrogen and oxygen atoms in total. The fourth-order valence-electron chi connectivity index (χ4n) is 4.49. The molecule has 2 atom stereocenters. The normalized spacial score (nSPS) is 17.9. The van der Waals surface area contributed by atoms with Crippen LogP contribution in [0, 0.1) is 5.41 Å². The van der Waals surface area contributed by atoms with Crippen LogP contribution in [0.15, 0.2) is 60.7 Å². The van der Waals surface area contributed by atoms with Crippen molar-refractivity contribution in [1.29, 1.82) is 0 Å². The number of benzene rings is 3. The first kappa shape index (κ1) is 32.2. The monoisotopic (exact) mass is 669 g/mol. The molecule has 0 aliphatic heterocycles. The third-order valence-corrected chi connectivity index (χ3v) is 8.30. The number of rotatable bonds is 7. The van der Waals surface area contributed by atoms with E-state index in [9.17, 15) is 14.4 Å². The maximum Gasteiger partial charge on any atom is 0.414 e. The summed E-state index contributed by atoms with van der Waals surface area (Å²) < 4.78 is 5.38. The van der Waals surface area contributed by atoms with Crippen LogP contribution in [0.1, 0.15) is 49.0 Å². The third-order valence-electron chi connectivity index (χ3n) is 6.75. The maximum absolute atomic E-state index is 13.4. The Labute approximate surface area is 269 Å². The topological polar surface area (TPSA) is 87.7 Å². The molecule has 0 bridgehead atoms. The zero-order valence-electron chi connectivity index (χ0n) is 23.1. The fourth-order valence-corrected chi connectivity index (χ4v) is 5.92. The van der Waals surface area contributed by atoms with Gasteiger partial charge in [-0.15, -0.1) is 23.2 Å². The summed E-state index contributed by atoms with van der Waals surface area (Å²) in [6, 6.07) is 16.3. The molecule has 0 aromatic heterocycles. The van der Waals surface area contributed by atoms with Crippen LogP contribution in [0.5, 0.6) is 0 Å². The van der Waals surface area contributed by atoms with Crippen LogP contribution in [0.25, 0.3) is 0 Å². The minimum absolute atomic E-state index is 0.140. The van der Waals surface area contributed by atoms with Crippen molar-refractivity contribution in [3.8, 4) is 0 Å². The number of ether oxygens (including phenoxy) is 1. The summed E-state index contributed by atoms with van der Waals surface area (Å²) in [6.45, 7) is 5.36. The van der Waals surface area contributed by atoms with E-state index >= 15 is 0 Å². The summed E-state index contributed by atoms with van der Waals surface area (Å²) in [4.78, 5) is 39.3. The summed E-state index contributed by atoms with van der Waals surface area (Å²) in [5.41, 5.74) is 0.551. The van der Waals surface area contributed by atoms with Crippen LogP contribution in [0.2, 0.25) is 15.1 Å². The highest BCUT2D eigenvalue weighted by atomic mass is 35.5. The van der Waals surface area contributed by atoms with Gasteiger partial charge in [0.05, 0.1) is 16.0 Å². The average Bonchev–Trinajstić information content (AvgIpc) is 3.66. The Bertz CT molecular complexity index is 1500. The first-order valence-corrected chi connectivity index (χ1v) is 14.8. The first-order chi connectivity index (χ1) is 19.6. The molecule has 1 saturated carbocycles. The lowest BCUT2D eigenvalue weighted by Gasteiger charge is -2.24. The van der Waals surface area contributed by atoms with Crippen LogP contribution in [0.4, 0.5) is 21.9 Å². The number of carbonyl (C=O) groups excluding carboxylic acids is 3. The van der Waals surface area contributed by atoms with Crippen molar-refractivity contribution in [2.45, 2.75) is 43.5 Å². The lowest BCUT2D eigenvalue weighted by molar-refractivity contribution is -0.120. The van der Waals surface area contributed by atoms with Crippen molar-refractivity contribution >= 4 is 93.0 Å². The van der Waals surface area contributed by atoms with E-state index in [-0.39, 0.29) is 16.5 Å². The summed E-state index contributed by atoms with van der Waals surface area (Å²) in [6.07, 6.45) is -0.108. The zero-order chi connectivity index (χ0) is 31.0. The number of nitrogens with zero attached hydrogens (tertiary/aromatic N) is 1. The molecule has 0 saturated heterocycles. The quantitative estimate of drug-likeness (QED) is 0.245. The number of halogens is 5. The summed E-state index contributed by atoms with van der Waals surface area (Å²) in [5, 5.41) is 6.67. The van der Waals surface area contributed by atoms with Gasteiger partial charge in [-0.25, -0.2) is 4.79 Å². The van der Waals surface area contributed by atoms with Crippen LogP contribution >= 0.6 is 58.0 Å². The van der Waals surface area contributed by atoms with Gasteiger partial charge < -0.3 is 15.4 Å². The van der Waals surface area contributed by atoms with Gasteiger partial charge in [0.25, 0.3) is 5.91 Å². The second-order valence-electron chi connectivity index (χ2n) is 11.0. The number of hydrogen-bond acceptors (Lipinski definition) is 4. The molecular formula is C30H28Cl5N3O4. The molecule has 42 heavy (non-hydrogen) atoms. The molecule has 1 aliphatic carbocycles. The highest BCUT2D eigenvalue weighted by Crippen LogP contribution is 2.64.